The molecule has 156 valence electrons. The minimum absolute atomic E-state index is 0.386. The summed E-state index contributed by atoms with van der Waals surface area (Å²) in [5.74, 6) is 2.92. The molecule has 9 heteroatoms. The van der Waals surface area contributed by atoms with E-state index in [9.17, 15) is 0 Å². The lowest BCUT2D eigenvalue weighted by molar-refractivity contribution is 0.421. The van der Waals surface area contributed by atoms with Gasteiger partial charge in [0, 0.05) is 51.5 Å². The fourth-order valence-corrected chi connectivity index (χ4v) is 3.42. The minimum atomic E-state index is 0.386. The molecule has 0 spiro atoms. The molecular weight excluding hydrogens is 380 g/mol. The van der Waals surface area contributed by atoms with Crippen molar-refractivity contribution in [2.75, 3.05) is 31.6 Å². The second-order valence-corrected chi connectivity index (χ2v) is 7.07. The fourth-order valence-electron chi connectivity index (χ4n) is 3.42. The maximum atomic E-state index is 5.30. The van der Waals surface area contributed by atoms with Crippen LogP contribution in [0.2, 0.25) is 0 Å². The highest BCUT2D eigenvalue weighted by atomic mass is 16.5. The fraction of sp³-hybridized carbons (Fsp3) is 0.381. The molecule has 0 amide bonds. The first-order chi connectivity index (χ1) is 14.8. The largest absolute Gasteiger partial charge is 0.356 e. The van der Waals surface area contributed by atoms with Crippen molar-refractivity contribution >= 4 is 11.8 Å². The Kier molecular flexibility index (Phi) is 6.48. The van der Waals surface area contributed by atoms with E-state index in [4.69, 9.17) is 4.52 Å². The molecule has 0 radical (unpaired) electrons. The zero-order valence-electron chi connectivity index (χ0n) is 17.0. The molecule has 0 bridgehead atoms. The number of hydrogen-bond donors (Lipinski definition) is 2. The van der Waals surface area contributed by atoms with Gasteiger partial charge in [0.15, 0.2) is 11.8 Å². The number of piperidine rings is 1. The molecule has 1 aliphatic rings. The Labute approximate surface area is 175 Å². The molecule has 9 nitrogen and oxygen atoms in total. The number of aliphatic imine (C=N–C) groups is 1. The van der Waals surface area contributed by atoms with E-state index in [2.05, 4.69) is 46.7 Å². The third kappa shape index (κ3) is 5.11. The van der Waals surface area contributed by atoms with Gasteiger partial charge in [-0.3, -0.25) is 9.98 Å². The van der Waals surface area contributed by atoms with Gasteiger partial charge in [0.05, 0.1) is 0 Å². The Morgan fingerprint density at radius 1 is 1.13 bits per heavy atom. The van der Waals surface area contributed by atoms with Crippen LogP contribution in [0.15, 0.2) is 58.3 Å². The number of guanidine groups is 1. The van der Waals surface area contributed by atoms with Crippen molar-refractivity contribution in [3.8, 4) is 11.6 Å². The number of nitrogens with zero attached hydrogens (tertiary/aromatic N) is 6. The summed E-state index contributed by atoms with van der Waals surface area (Å²) in [4.78, 5) is 19.7. The van der Waals surface area contributed by atoms with E-state index >= 15 is 0 Å². The molecular formula is C21H26N8O. The number of anilines is 1. The average Bonchev–Trinajstić information content (AvgIpc) is 3.29. The number of aromatic nitrogens is 4. The van der Waals surface area contributed by atoms with Crippen molar-refractivity contribution in [1.29, 1.82) is 0 Å². The maximum Gasteiger partial charge on any atom is 0.276 e. The molecule has 0 aromatic carbocycles. The minimum Gasteiger partial charge on any atom is -0.356 e. The molecule has 4 heterocycles. The van der Waals surface area contributed by atoms with Gasteiger partial charge in [-0.15, -0.1) is 0 Å². The Morgan fingerprint density at radius 2 is 1.93 bits per heavy atom. The number of hydrogen-bond acceptors (Lipinski definition) is 7. The lowest BCUT2D eigenvalue weighted by Crippen LogP contribution is -2.49. The second-order valence-electron chi connectivity index (χ2n) is 7.07. The van der Waals surface area contributed by atoms with Gasteiger partial charge in [0.2, 0.25) is 0 Å². The zero-order valence-corrected chi connectivity index (χ0v) is 17.0. The van der Waals surface area contributed by atoms with Gasteiger partial charge in [-0.2, -0.15) is 4.98 Å². The number of nitrogens with one attached hydrogen (secondary N) is 2. The van der Waals surface area contributed by atoms with Crippen LogP contribution in [0.5, 0.6) is 0 Å². The standard InChI is InChI=1S/C21H26N8O/c1-22-21(26-16-9-14-29(15-10-16)19-7-3-5-12-24-19)25-13-8-18-27-20(30-28-18)17-6-2-4-11-23-17/h2-7,11-12,16H,8-10,13-15H2,1H3,(H2,22,25,26). The van der Waals surface area contributed by atoms with Crippen LogP contribution in [0.3, 0.4) is 0 Å². The predicted molar refractivity (Wildman–Crippen MR) is 115 cm³/mol. The monoisotopic (exact) mass is 406 g/mol. The van der Waals surface area contributed by atoms with Crippen molar-refractivity contribution in [3.63, 3.8) is 0 Å². The summed E-state index contributed by atoms with van der Waals surface area (Å²) in [5, 5.41) is 10.9. The van der Waals surface area contributed by atoms with Crippen LogP contribution in [-0.2, 0) is 6.42 Å². The highest BCUT2D eigenvalue weighted by Crippen LogP contribution is 2.17. The van der Waals surface area contributed by atoms with Crippen LogP contribution in [0.4, 0.5) is 5.82 Å². The van der Waals surface area contributed by atoms with Crippen LogP contribution < -0.4 is 15.5 Å². The summed E-state index contributed by atoms with van der Waals surface area (Å²) >= 11 is 0. The van der Waals surface area contributed by atoms with Crippen LogP contribution in [-0.4, -0.2) is 58.8 Å². The predicted octanol–water partition coefficient (Wildman–Crippen LogP) is 1.90. The Balaban J connectivity index is 1.21. The van der Waals surface area contributed by atoms with E-state index in [1.54, 1.807) is 13.2 Å². The highest BCUT2D eigenvalue weighted by molar-refractivity contribution is 5.80. The van der Waals surface area contributed by atoms with Gasteiger partial charge in [0.1, 0.15) is 11.5 Å². The van der Waals surface area contributed by atoms with Gasteiger partial charge >= 0.3 is 0 Å². The van der Waals surface area contributed by atoms with Crippen LogP contribution in [0.25, 0.3) is 11.6 Å². The molecule has 3 aromatic rings. The first-order valence-corrected chi connectivity index (χ1v) is 10.2. The molecule has 0 unspecified atom stereocenters. The summed E-state index contributed by atoms with van der Waals surface area (Å²) in [6, 6.07) is 12.0. The maximum absolute atomic E-state index is 5.30. The quantitative estimate of drug-likeness (QED) is 0.472. The highest BCUT2D eigenvalue weighted by Gasteiger charge is 2.20. The number of rotatable bonds is 6. The first-order valence-electron chi connectivity index (χ1n) is 10.2. The Hall–Kier alpha value is -3.49. The zero-order chi connectivity index (χ0) is 20.6. The first kappa shape index (κ1) is 19.8. The molecule has 0 aliphatic carbocycles. The van der Waals surface area contributed by atoms with Crippen LogP contribution >= 0.6 is 0 Å². The molecule has 3 aromatic heterocycles. The topological polar surface area (TPSA) is 104 Å². The summed E-state index contributed by atoms with van der Waals surface area (Å²) in [7, 11) is 1.78. The van der Waals surface area contributed by atoms with E-state index in [0.717, 1.165) is 37.7 Å². The van der Waals surface area contributed by atoms with Crippen molar-refractivity contribution in [1.82, 2.24) is 30.7 Å². The summed E-state index contributed by atoms with van der Waals surface area (Å²) in [5.41, 5.74) is 0.679. The van der Waals surface area contributed by atoms with E-state index in [1.165, 1.54) is 0 Å². The molecule has 1 saturated heterocycles. The van der Waals surface area contributed by atoms with Crippen molar-refractivity contribution in [2.45, 2.75) is 25.3 Å². The summed E-state index contributed by atoms with van der Waals surface area (Å²) in [6.07, 6.45) is 6.26. The average molecular weight is 406 g/mol. The van der Waals surface area contributed by atoms with Gasteiger partial charge < -0.3 is 20.1 Å². The molecule has 2 N–H and O–H groups in total. The van der Waals surface area contributed by atoms with Gasteiger partial charge in [-0.25, -0.2) is 4.98 Å². The van der Waals surface area contributed by atoms with Crippen LogP contribution in [0, 0.1) is 0 Å². The third-order valence-electron chi connectivity index (χ3n) is 5.03. The number of pyridine rings is 2. The van der Waals surface area contributed by atoms with E-state index in [0.29, 0.717) is 36.4 Å². The third-order valence-corrected chi connectivity index (χ3v) is 5.03. The lowest BCUT2D eigenvalue weighted by Gasteiger charge is -2.33. The molecule has 1 fully saturated rings. The summed E-state index contributed by atoms with van der Waals surface area (Å²) in [6.45, 7) is 2.61. The van der Waals surface area contributed by atoms with Gasteiger partial charge in [0.25, 0.3) is 5.89 Å². The molecule has 30 heavy (non-hydrogen) atoms. The van der Waals surface area contributed by atoms with Crippen molar-refractivity contribution in [3.05, 3.63) is 54.6 Å². The van der Waals surface area contributed by atoms with Crippen molar-refractivity contribution < 1.29 is 4.52 Å². The normalized spacial score (nSPS) is 15.2. The van der Waals surface area contributed by atoms with E-state index in [1.807, 2.05) is 36.5 Å². The van der Waals surface area contributed by atoms with Crippen LogP contribution in [0.1, 0.15) is 18.7 Å². The smallest absolute Gasteiger partial charge is 0.276 e. The van der Waals surface area contributed by atoms with E-state index in [-0.39, 0.29) is 0 Å². The Bertz CT molecular complexity index is 936. The van der Waals surface area contributed by atoms with Crippen molar-refractivity contribution in [2.24, 2.45) is 4.99 Å². The van der Waals surface area contributed by atoms with E-state index < -0.39 is 0 Å². The molecule has 0 saturated carbocycles. The Morgan fingerprint density at radius 3 is 2.63 bits per heavy atom. The van der Waals surface area contributed by atoms with Gasteiger partial charge in [-0.1, -0.05) is 17.3 Å². The van der Waals surface area contributed by atoms with Gasteiger partial charge in [-0.05, 0) is 37.1 Å². The SMILES string of the molecule is CN=C(NCCc1noc(-c2ccccn2)n1)NC1CCN(c2ccccn2)CC1. The second kappa shape index (κ2) is 9.82. The summed E-state index contributed by atoms with van der Waals surface area (Å²) < 4.78 is 5.30. The molecule has 1 aliphatic heterocycles. The molecule has 4 rings (SSSR count). The molecule has 0 atom stereocenters. The lowest BCUT2D eigenvalue weighted by atomic mass is 10.1.